The van der Waals surface area contributed by atoms with Gasteiger partial charge in [-0.1, -0.05) is 30.3 Å². The van der Waals surface area contributed by atoms with E-state index >= 15 is 0 Å². The molecule has 1 saturated heterocycles. The maximum Gasteiger partial charge on any atom is 0.191 e. The Labute approximate surface area is 168 Å². The molecule has 2 aromatic rings. The van der Waals surface area contributed by atoms with Crippen molar-refractivity contribution in [1.29, 1.82) is 0 Å². The van der Waals surface area contributed by atoms with Crippen molar-refractivity contribution in [2.75, 3.05) is 26.2 Å². The second kappa shape index (κ2) is 10.9. The number of aromatic nitrogens is 2. The molecule has 1 aliphatic rings. The maximum atomic E-state index is 4.87. The van der Waals surface area contributed by atoms with Gasteiger partial charge in [0.2, 0.25) is 0 Å². The minimum Gasteiger partial charge on any atom is -0.357 e. The topological polar surface area (TPSA) is 68.3 Å². The fraction of sp³-hybridized carbons (Fsp3) is 0.545. The van der Waals surface area contributed by atoms with Crippen LogP contribution in [0.25, 0.3) is 0 Å². The largest absolute Gasteiger partial charge is 0.357 e. The molecule has 1 unspecified atom stereocenters. The second-order valence-corrected chi connectivity index (χ2v) is 7.52. The zero-order valence-electron chi connectivity index (χ0n) is 17.2. The summed E-state index contributed by atoms with van der Waals surface area (Å²) in [7, 11) is 0. The van der Waals surface area contributed by atoms with Gasteiger partial charge in [-0.05, 0) is 57.2 Å². The van der Waals surface area contributed by atoms with Gasteiger partial charge in [0.25, 0.3) is 0 Å². The summed E-state index contributed by atoms with van der Waals surface area (Å²) in [5, 5.41) is 13.9. The molecule has 1 atom stereocenters. The monoisotopic (exact) mass is 382 g/mol. The van der Waals surface area contributed by atoms with Crippen molar-refractivity contribution in [3.63, 3.8) is 0 Å². The molecule has 6 heteroatoms. The van der Waals surface area contributed by atoms with E-state index in [1.54, 1.807) is 0 Å². The second-order valence-electron chi connectivity index (χ2n) is 7.52. The Morgan fingerprint density at radius 3 is 2.89 bits per heavy atom. The predicted molar refractivity (Wildman–Crippen MR) is 116 cm³/mol. The third-order valence-corrected chi connectivity index (χ3v) is 5.38. The van der Waals surface area contributed by atoms with E-state index in [9.17, 15) is 0 Å². The number of benzene rings is 1. The lowest BCUT2D eigenvalue weighted by molar-refractivity contribution is 0.250. The molecule has 0 bridgehead atoms. The first-order valence-corrected chi connectivity index (χ1v) is 10.5. The first-order chi connectivity index (χ1) is 13.8. The summed E-state index contributed by atoms with van der Waals surface area (Å²) < 4.78 is 0. The third kappa shape index (κ3) is 6.09. The highest BCUT2D eigenvalue weighted by molar-refractivity contribution is 5.79. The average molecular weight is 383 g/mol. The van der Waals surface area contributed by atoms with Gasteiger partial charge < -0.3 is 10.6 Å². The molecule has 0 aliphatic carbocycles. The van der Waals surface area contributed by atoms with Gasteiger partial charge >= 0.3 is 0 Å². The molecule has 28 heavy (non-hydrogen) atoms. The minimum absolute atomic E-state index is 0.532. The van der Waals surface area contributed by atoms with E-state index in [0.717, 1.165) is 45.0 Å². The lowest BCUT2D eigenvalue weighted by Gasteiger charge is -2.23. The first-order valence-electron chi connectivity index (χ1n) is 10.5. The van der Waals surface area contributed by atoms with E-state index < -0.39 is 0 Å². The summed E-state index contributed by atoms with van der Waals surface area (Å²) in [6, 6.07) is 11.3. The molecule has 0 radical (unpaired) electrons. The maximum absolute atomic E-state index is 4.87. The molecule has 0 saturated carbocycles. The van der Waals surface area contributed by atoms with Crippen LogP contribution in [0.1, 0.15) is 43.0 Å². The Hall–Kier alpha value is -2.34. The average Bonchev–Trinajstić information content (AvgIpc) is 3.32. The highest BCUT2D eigenvalue weighted by Crippen LogP contribution is 2.20. The number of hydrogen-bond donors (Lipinski definition) is 3. The van der Waals surface area contributed by atoms with E-state index in [1.807, 2.05) is 6.20 Å². The van der Waals surface area contributed by atoms with Gasteiger partial charge in [0.1, 0.15) is 0 Å². The quantitative estimate of drug-likeness (QED) is 0.354. The number of likely N-dealkylation sites (tertiary alicyclic amines) is 1. The molecule has 152 valence electrons. The van der Waals surface area contributed by atoms with Crippen LogP contribution in [0.4, 0.5) is 0 Å². The number of guanidine groups is 1. The predicted octanol–water partition coefficient (Wildman–Crippen LogP) is 2.87. The van der Waals surface area contributed by atoms with Crippen molar-refractivity contribution >= 4 is 5.96 Å². The van der Waals surface area contributed by atoms with Gasteiger partial charge in [-0.15, -0.1) is 0 Å². The van der Waals surface area contributed by atoms with Crippen molar-refractivity contribution in [3.8, 4) is 0 Å². The van der Waals surface area contributed by atoms with Crippen molar-refractivity contribution in [2.24, 2.45) is 4.99 Å². The van der Waals surface area contributed by atoms with Crippen LogP contribution in [0.2, 0.25) is 0 Å². The molecular weight excluding hydrogens is 348 g/mol. The van der Waals surface area contributed by atoms with Gasteiger partial charge in [-0.2, -0.15) is 5.10 Å². The third-order valence-electron chi connectivity index (χ3n) is 5.38. The summed E-state index contributed by atoms with van der Waals surface area (Å²) in [5.74, 6) is 0.929. The highest BCUT2D eigenvalue weighted by Gasteiger charge is 2.24. The van der Waals surface area contributed by atoms with Crippen molar-refractivity contribution in [2.45, 2.75) is 52.1 Å². The van der Waals surface area contributed by atoms with Crippen LogP contribution < -0.4 is 10.6 Å². The SMILES string of the molecule is CCNC(=NCC1CCCN1Cc1ccccc1)NCCCc1cn[nH]c1C. The van der Waals surface area contributed by atoms with Gasteiger partial charge in [-0.3, -0.25) is 15.0 Å². The molecular formula is C22H34N6. The Morgan fingerprint density at radius 2 is 2.14 bits per heavy atom. The van der Waals surface area contributed by atoms with Gasteiger partial charge in [0.15, 0.2) is 5.96 Å². The van der Waals surface area contributed by atoms with Crippen LogP contribution in [0.5, 0.6) is 0 Å². The molecule has 3 rings (SSSR count). The Balaban J connectivity index is 1.46. The smallest absolute Gasteiger partial charge is 0.191 e. The molecule has 0 amide bonds. The first kappa shape index (κ1) is 20.4. The van der Waals surface area contributed by atoms with E-state index in [-0.39, 0.29) is 0 Å². The number of aryl methyl sites for hydroxylation is 2. The van der Waals surface area contributed by atoms with Crippen LogP contribution in [0.3, 0.4) is 0 Å². The highest BCUT2D eigenvalue weighted by atomic mass is 15.2. The lowest BCUT2D eigenvalue weighted by Crippen LogP contribution is -2.39. The fourth-order valence-corrected chi connectivity index (χ4v) is 3.78. The summed E-state index contributed by atoms with van der Waals surface area (Å²) in [4.78, 5) is 7.45. The molecule has 1 fully saturated rings. The number of aliphatic imine (C=N–C) groups is 1. The molecule has 1 aromatic carbocycles. The van der Waals surface area contributed by atoms with Crippen LogP contribution in [-0.2, 0) is 13.0 Å². The van der Waals surface area contributed by atoms with E-state index in [1.165, 1.54) is 36.2 Å². The lowest BCUT2D eigenvalue weighted by atomic mass is 10.1. The summed E-state index contributed by atoms with van der Waals surface area (Å²) >= 11 is 0. The molecule has 1 aliphatic heterocycles. The summed E-state index contributed by atoms with van der Waals surface area (Å²) in [5.41, 5.74) is 3.85. The van der Waals surface area contributed by atoms with E-state index in [0.29, 0.717) is 6.04 Å². The Morgan fingerprint density at radius 1 is 1.29 bits per heavy atom. The minimum atomic E-state index is 0.532. The number of H-pyrrole nitrogens is 1. The number of nitrogens with zero attached hydrogens (tertiary/aromatic N) is 3. The summed E-state index contributed by atoms with van der Waals surface area (Å²) in [6.07, 6.45) is 6.52. The van der Waals surface area contributed by atoms with Crippen LogP contribution in [0, 0.1) is 6.92 Å². The van der Waals surface area contributed by atoms with Gasteiger partial charge in [0.05, 0.1) is 12.7 Å². The van der Waals surface area contributed by atoms with Crippen molar-refractivity contribution in [1.82, 2.24) is 25.7 Å². The number of nitrogens with one attached hydrogen (secondary N) is 3. The van der Waals surface area contributed by atoms with Crippen LogP contribution in [0.15, 0.2) is 41.5 Å². The Kier molecular flexibility index (Phi) is 7.91. The van der Waals surface area contributed by atoms with Gasteiger partial charge in [-0.25, -0.2) is 0 Å². The molecule has 2 heterocycles. The zero-order valence-corrected chi connectivity index (χ0v) is 17.2. The normalized spacial score (nSPS) is 17.8. The standard InChI is InChI=1S/C22H34N6/c1-3-23-22(24-13-7-11-20-15-26-27-18(20)2)25-16-21-12-8-14-28(21)17-19-9-5-4-6-10-19/h4-6,9-10,15,21H,3,7-8,11-14,16-17H2,1-2H3,(H,26,27)(H2,23,24,25). The zero-order chi connectivity index (χ0) is 19.6. The number of hydrogen-bond acceptors (Lipinski definition) is 3. The Bertz CT molecular complexity index is 724. The molecule has 1 aromatic heterocycles. The number of rotatable bonds is 9. The molecule has 0 spiro atoms. The van der Waals surface area contributed by atoms with Crippen LogP contribution >= 0.6 is 0 Å². The molecule has 3 N–H and O–H groups in total. The molecule has 6 nitrogen and oxygen atoms in total. The fourth-order valence-electron chi connectivity index (χ4n) is 3.78. The van der Waals surface area contributed by atoms with E-state index in [4.69, 9.17) is 4.99 Å². The van der Waals surface area contributed by atoms with Crippen molar-refractivity contribution < 1.29 is 0 Å². The van der Waals surface area contributed by atoms with Crippen molar-refractivity contribution in [3.05, 3.63) is 53.3 Å². The van der Waals surface area contributed by atoms with Crippen LogP contribution in [-0.4, -0.2) is 53.3 Å². The van der Waals surface area contributed by atoms with Gasteiger partial charge in [0, 0.05) is 31.4 Å². The number of aromatic amines is 1. The van der Waals surface area contributed by atoms with E-state index in [2.05, 4.69) is 69.9 Å². The summed E-state index contributed by atoms with van der Waals surface area (Å²) in [6.45, 7) is 9.02.